The summed E-state index contributed by atoms with van der Waals surface area (Å²) in [4.78, 5) is 15.2. The second-order valence-corrected chi connectivity index (χ2v) is 9.07. The highest BCUT2D eigenvalue weighted by atomic mass is 16.5. The van der Waals surface area contributed by atoms with Crippen LogP contribution in [0.1, 0.15) is 26.0 Å². The summed E-state index contributed by atoms with van der Waals surface area (Å²) in [6.07, 6.45) is 2.33. The number of hydrogen-bond acceptors (Lipinski definition) is 11. The Balaban J connectivity index is 1.47. The number of aliphatic hydroxyl groups excluding tert-OH is 1. The number of aromatic nitrogens is 5. The predicted molar refractivity (Wildman–Crippen MR) is 138 cm³/mol. The molecule has 36 heavy (non-hydrogen) atoms. The minimum absolute atomic E-state index is 0.000253. The van der Waals surface area contributed by atoms with Crippen molar-refractivity contribution >= 4 is 23.3 Å². The van der Waals surface area contributed by atoms with Crippen LogP contribution >= 0.6 is 0 Å². The van der Waals surface area contributed by atoms with E-state index >= 15 is 0 Å². The lowest BCUT2D eigenvalue weighted by Gasteiger charge is -2.29. The van der Waals surface area contributed by atoms with Crippen LogP contribution < -0.4 is 26.0 Å². The SMILES string of the molecule is COc1cc(N2CCOCC2)ccc1Nc1nc(N)n(-c2cc(CNC(CO)CC(C)C)ncn2)n1. The molecule has 194 valence electrons. The number of benzene rings is 1. The highest BCUT2D eigenvalue weighted by Gasteiger charge is 2.16. The second-order valence-electron chi connectivity index (χ2n) is 9.07. The lowest BCUT2D eigenvalue weighted by Crippen LogP contribution is -2.36. The van der Waals surface area contributed by atoms with Gasteiger partial charge >= 0.3 is 0 Å². The van der Waals surface area contributed by atoms with Crippen molar-refractivity contribution < 1.29 is 14.6 Å². The molecule has 0 aliphatic carbocycles. The summed E-state index contributed by atoms with van der Waals surface area (Å²) in [5, 5.41) is 20.6. The third kappa shape index (κ3) is 6.39. The van der Waals surface area contributed by atoms with Gasteiger partial charge in [-0.3, -0.25) is 0 Å². The van der Waals surface area contributed by atoms with Crippen molar-refractivity contribution in [2.45, 2.75) is 32.9 Å². The number of nitrogens with two attached hydrogens (primary N) is 1. The first-order chi connectivity index (χ1) is 17.5. The molecule has 12 nitrogen and oxygen atoms in total. The van der Waals surface area contributed by atoms with Crippen molar-refractivity contribution in [1.29, 1.82) is 0 Å². The van der Waals surface area contributed by atoms with Crippen LogP contribution in [-0.2, 0) is 11.3 Å². The van der Waals surface area contributed by atoms with E-state index in [4.69, 9.17) is 15.2 Å². The summed E-state index contributed by atoms with van der Waals surface area (Å²) < 4.78 is 12.5. The van der Waals surface area contributed by atoms with Crippen LogP contribution in [0.15, 0.2) is 30.6 Å². The van der Waals surface area contributed by atoms with E-state index in [2.05, 4.69) is 49.4 Å². The maximum atomic E-state index is 9.61. The number of nitrogens with zero attached hydrogens (tertiary/aromatic N) is 6. The zero-order valence-corrected chi connectivity index (χ0v) is 21.0. The third-order valence-electron chi connectivity index (χ3n) is 5.91. The van der Waals surface area contributed by atoms with E-state index in [1.807, 2.05) is 18.2 Å². The van der Waals surface area contributed by atoms with E-state index in [9.17, 15) is 5.11 Å². The largest absolute Gasteiger partial charge is 0.494 e. The molecule has 5 N–H and O–H groups in total. The van der Waals surface area contributed by atoms with Gasteiger partial charge in [-0.05, 0) is 24.5 Å². The average Bonchev–Trinajstić information content (AvgIpc) is 3.27. The van der Waals surface area contributed by atoms with Gasteiger partial charge in [-0.1, -0.05) is 13.8 Å². The molecule has 1 unspecified atom stereocenters. The number of ether oxygens (including phenoxy) is 2. The molecule has 1 atom stereocenters. The fourth-order valence-corrected chi connectivity index (χ4v) is 4.11. The Morgan fingerprint density at radius 2 is 2.00 bits per heavy atom. The Hall–Kier alpha value is -3.48. The molecule has 1 saturated heterocycles. The zero-order chi connectivity index (χ0) is 25.5. The normalized spacial score (nSPS) is 14.8. The Bertz CT molecular complexity index is 1130. The first-order valence-electron chi connectivity index (χ1n) is 12.1. The zero-order valence-electron chi connectivity index (χ0n) is 21.0. The second kappa shape index (κ2) is 12.0. The highest BCUT2D eigenvalue weighted by molar-refractivity contribution is 5.68. The van der Waals surface area contributed by atoms with Crippen LogP contribution in [-0.4, -0.2) is 75.9 Å². The van der Waals surface area contributed by atoms with Crippen LogP contribution in [0.25, 0.3) is 5.82 Å². The lowest BCUT2D eigenvalue weighted by molar-refractivity contribution is 0.122. The number of anilines is 4. The molecule has 1 aromatic carbocycles. The molecular weight excluding hydrogens is 462 g/mol. The maximum absolute atomic E-state index is 9.61. The fourth-order valence-electron chi connectivity index (χ4n) is 4.11. The molecular formula is C24H35N9O3. The van der Waals surface area contributed by atoms with E-state index < -0.39 is 0 Å². The number of aliphatic hydroxyl groups is 1. The van der Waals surface area contributed by atoms with E-state index in [1.54, 1.807) is 13.2 Å². The lowest BCUT2D eigenvalue weighted by atomic mass is 10.0. The molecule has 12 heteroatoms. The van der Waals surface area contributed by atoms with Crippen molar-refractivity contribution in [3.05, 3.63) is 36.3 Å². The molecule has 1 fully saturated rings. The summed E-state index contributed by atoms with van der Waals surface area (Å²) in [6.45, 7) is 7.91. The van der Waals surface area contributed by atoms with Gasteiger partial charge in [0.05, 0.1) is 38.3 Å². The molecule has 4 rings (SSSR count). The van der Waals surface area contributed by atoms with Gasteiger partial charge in [0.15, 0.2) is 5.82 Å². The predicted octanol–water partition coefficient (Wildman–Crippen LogP) is 1.72. The summed E-state index contributed by atoms with van der Waals surface area (Å²) in [6, 6.07) is 7.74. The minimum Gasteiger partial charge on any atom is -0.494 e. The number of methoxy groups -OCH3 is 1. The van der Waals surface area contributed by atoms with Gasteiger partial charge in [0.25, 0.3) is 0 Å². The molecule has 2 aromatic heterocycles. The van der Waals surface area contributed by atoms with Crippen molar-refractivity contribution in [1.82, 2.24) is 30.0 Å². The first-order valence-corrected chi connectivity index (χ1v) is 12.1. The van der Waals surface area contributed by atoms with Gasteiger partial charge in [0.2, 0.25) is 11.9 Å². The molecule has 1 aliphatic rings. The van der Waals surface area contributed by atoms with Gasteiger partial charge < -0.3 is 35.8 Å². The summed E-state index contributed by atoms with van der Waals surface area (Å²) in [7, 11) is 1.63. The first kappa shape index (κ1) is 25.6. The average molecular weight is 498 g/mol. The van der Waals surface area contributed by atoms with Gasteiger partial charge in [0, 0.05) is 43.5 Å². The fraction of sp³-hybridized carbons (Fsp3) is 0.500. The van der Waals surface area contributed by atoms with Crippen LogP contribution in [0.2, 0.25) is 0 Å². The van der Waals surface area contributed by atoms with Crippen molar-refractivity contribution in [3.63, 3.8) is 0 Å². The summed E-state index contributed by atoms with van der Waals surface area (Å²) in [5.41, 5.74) is 8.70. The van der Waals surface area contributed by atoms with E-state index in [0.717, 1.165) is 36.6 Å². The number of nitrogens with one attached hydrogen (secondary N) is 2. The molecule has 0 saturated carbocycles. The summed E-state index contributed by atoms with van der Waals surface area (Å²) >= 11 is 0. The van der Waals surface area contributed by atoms with E-state index in [0.29, 0.717) is 43.2 Å². The highest BCUT2D eigenvalue weighted by Crippen LogP contribution is 2.32. The standard InChI is InChI=1S/C24H35N9O3/c1-16(2)10-18(14-34)26-13-17-11-22(28-15-27-17)33-23(25)30-24(31-33)29-20-5-4-19(12-21(20)35-3)32-6-8-36-9-7-32/h4-5,11-12,15-16,18,26,34H,6-10,13-14H2,1-3H3,(H3,25,29,30,31). The minimum atomic E-state index is 0.000253. The third-order valence-corrected chi connectivity index (χ3v) is 5.91. The molecule has 0 amide bonds. The molecule has 0 spiro atoms. The quantitative estimate of drug-likeness (QED) is 0.307. The number of rotatable bonds is 11. The number of hydrogen-bond donors (Lipinski definition) is 4. The van der Waals surface area contributed by atoms with Gasteiger partial charge in [-0.25, -0.2) is 9.97 Å². The smallest absolute Gasteiger partial charge is 0.249 e. The van der Waals surface area contributed by atoms with Crippen LogP contribution in [0.5, 0.6) is 5.75 Å². The Morgan fingerprint density at radius 1 is 1.19 bits per heavy atom. The molecule has 1 aliphatic heterocycles. The van der Waals surface area contributed by atoms with E-state index in [-0.39, 0.29) is 18.6 Å². The topological polar surface area (TPSA) is 148 Å². The van der Waals surface area contributed by atoms with Gasteiger partial charge in [-0.2, -0.15) is 9.67 Å². The molecule has 0 bridgehead atoms. The Labute approximate surface area is 210 Å². The van der Waals surface area contributed by atoms with E-state index in [1.165, 1.54) is 11.0 Å². The Morgan fingerprint density at radius 3 is 2.72 bits per heavy atom. The Kier molecular flexibility index (Phi) is 8.52. The molecule has 0 radical (unpaired) electrons. The van der Waals surface area contributed by atoms with Crippen molar-refractivity contribution in [2.24, 2.45) is 5.92 Å². The van der Waals surface area contributed by atoms with Gasteiger partial charge in [0.1, 0.15) is 12.1 Å². The monoisotopic (exact) mass is 497 g/mol. The van der Waals surface area contributed by atoms with Crippen molar-refractivity contribution in [3.8, 4) is 11.6 Å². The number of nitrogen functional groups attached to an aromatic ring is 1. The van der Waals surface area contributed by atoms with Crippen LogP contribution in [0.3, 0.4) is 0 Å². The number of morpholine rings is 1. The summed E-state index contributed by atoms with van der Waals surface area (Å²) in [5.74, 6) is 2.15. The van der Waals surface area contributed by atoms with Crippen LogP contribution in [0, 0.1) is 5.92 Å². The molecule has 3 heterocycles. The van der Waals surface area contributed by atoms with Gasteiger partial charge in [-0.15, -0.1) is 5.10 Å². The molecule has 3 aromatic rings. The maximum Gasteiger partial charge on any atom is 0.249 e. The van der Waals surface area contributed by atoms with Crippen LogP contribution in [0.4, 0.5) is 23.3 Å². The van der Waals surface area contributed by atoms with Crippen molar-refractivity contribution in [2.75, 3.05) is 56.0 Å².